The molecule has 0 spiro atoms. The van der Waals surface area contributed by atoms with Crippen molar-refractivity contribution in [3.05, 3.63) is 52.8 Å². The Balaban J connectivity index is 1.84. The van der Waals surface area contributed by atoms with Gasteiger partial charge >= 0.3 is 0 Å². The van der Waals surface area contributed by atoms with Crippen molar-refractivity contribution >= 4 is 0 Å². The number of benzene rings is 1. The number of fused-ring (bicyclic) bond motifs is 1. The van der Waals surface area contributed by atoms with Gasteiger partial charge in [-0.2, -0.15) is 5.10 Å². The van der Waals surface area contributed by atoms with Crippen LogP contribution in [0.4, 0.5) is 0 Å². The van der Waals surface area contributed by atoms with Crippen molar-refractivity contribution in [2.45, 2.75) is 51.5 Å². The molecule has 0 bridgehead atoms. The molecule has 1 aliphatic rings. The lowest BCUT2D eigenvalue weighted by Gasteiger charge is -2.22. The van der Waals surface area contributed by atoms with Crippen LogP contribution in [0.5, 0.6) is 0 Å². The number of hydrogen-bond acceptors (Lipinski definition) is 2. The molecule has 1 atom stereocenters. The van der Waals surface area contributed by atoms with Crippen LogP contribution in [0.25, 0.3) is 0 Å². The van der Waals surface area contributed by atoms with Crippen LogP contribution < -0.4 is 5.73 Å². The summed E-state index contributed by atoms with van der Waals surface area (Å²) in [4.78, 5) is 0. The number of nitrogens with zero attached hydrogens (tertiary/aromatic N) is 2. The van der Waals surface area contributed by atoms with E-state index in [0.717, 1.165) is 32.4 Å². The van der Waals surface area contributed by atoms with E-state index in [2.05, 4.69) is 41.9 Å². The van der Waals surface area contributed by atoms with Gasteiger partial charge in [-0.25, -0.2) is 0 Å². The van der Waals surface area contributed by atoms with Gasteiger partial charge in [0.05, 0.1) is 5.69 Å². The monoisotopic (exact) mass is 283 g/mol. The van der Waals surface area contributed by atoms with Gasteiger partial charge in [0.1, 0.15) is 0 Å². The second kappa shape index (κ2) is 6.44. The van der Waals surface area contributed by atoms with E-state index in [-0.39, 0.29) is 0 Å². The predicted octanol–water partition coefficient (Wildman–Crippen LogP) is 3.07. The van der Waals surface area contributed by atoms with Crippen LogP contribution in [-0.4, -0.2) is 16.3 Å². The summed E-state index contributed by atoms with van der Waals surface area (Å²) in [5.41, 5.74) is 11.6. The van der Waals surface area contributed by atoms with Crippen molar-refractivity contribution in [3.8, 4) is 0 Å². The average molecular weight is 283 g/mol. The minimum absolute atomic E-state index is 0.522. The van der Waals surface area contributed by atoms with Gasteiger partial charge in [-0.3, -0.25) is 4.68 Å². The van der Waals surface area contributed by atoms with Gasteiger partial charge in [0.15, 0.2) is 0 Å². The summed E-state index contributed by atoms with van der Waals surface area (Å²) in [6.07, 6.45) is 5.69. The molecule has 0 aliphatic heterocycles. The van der Waals surface area contributed by atoms with Crippen LogP contribution in [-0.2, 0) is 25.8 Å². The molecule has 0 radical (unpaired) electrons. The van der Waals surface area contributed by atoms with Crippen LogP contribution in [0, 0.1) is 0 Å². The van der Waals surface area contributed by atoms with Crippen molar-refractivity contribution < 1.29 is 0 Å². The van der Waals surface area contributed by atoms with Gasteiger partial charge < -0.3 is 5.73 Å². The Morgan fingerprint density at radius 1 is 1.29 bits per heavy atom. The molecule has 1 aromatic heterocycles. The lowest BCUT2D eigenvalue weighted by molar-refractivity contribution is 0.517. The fourth-order valence-electron chi connectivity index (χ4n) is 3.52. The van der Waals surface area contributed by atoms with Gasteiger partial charge in [0, 0.05) is 17.8 Å². The molecule has 3 heteroatoms. The van der Waals surface area contributed by atoms with E-state index in [1.54, 1.807) is 0 Å². The molecule has 2 aromatic rings. The maximum absolute atomic E-state index is 5.98. The van der Waals surface area contributed by atoms with Gasteiger partial charge in [-0.15, -0.1) is 0 Å². The number of aromatic nitrogens is 2. The fourth-order valence-corrected chi connectivity index (χ4v) is 3.52. The molecule has 3 nitrogen and oxygen atoms in total. The van der Waals surface area contributed by atoms with Crippen LogP contribution in [0.2, 0.25) is 0 Å². The van der Waals surface area contributed by atoms with Crippen molar-refractivity contribution in [2.75, 3.05) is 6.54 Å². The van der Waals surface area contributed by atoms with E-state index >= 15 is 0 Å². The topological polar surface area (TPSA) is 43.8 Å². The summed E-state index contributed by atoms with van der Waals surface area (Å²) in [5, 5.41) is 4.88. The summed E-state index contributed by atoms with van der Waals surface area (Å²) in [7, 11) is 0. The normalized spacial score (nSPS) is 17.7. The average Bonchev–Trinajstić information content (AvgIpc) is 2.92. The molecule has 1 aliphatic carbocycles. The summed E-state index contributed by atoms with van der Waals surface area (Å²) in [6.45, 7) is 3.93. The highest BCUT2D eigenvalue weighted by Gasteiger charge is 2.26. The molecule has 2 N–H and O–H groups in total. The van der Waals surface area contributed by atoms with E-state index in [4.69, 9.17) is 10.8 Å². The van der Waals surface area contributed by atoms with E-state index in [1.165, 1.54) is 35.4 Å². The van der Waals surface area contributed by atoms with Crippen LogP contribution >= 0.6 is 0 Å². The summed E-state index contributed by atoms with van der Waals surface area (Å²) in [6, 6.07) is 10.7. The molecule has 0 fully saturated rings. The van der Waals surface area contributed by atoms with Crippen molar-refractivity contribution in [2.24, 2.45) is 5.73 Å². The quantitative estimate of drug-likeness (QED) is 0.916. The highest BCUT2D eigenvalue weighted by atomic mass is 15.3. The molecule has 0 amide bonds. The van der Waals surface area contributed by atoms with Gasteiger partial charge in [-0.05, 0) is 50.1 Å². The number of nitrogens with two attached hydrogens (primary N) is 1. The first-order chi connectivity index (χ1) is 10.3. The lowest BCUT2D eigenvalue weighted by Crippen LogP contribution is -2.20. The first-order valence-corrected chi connectivity index (χ1v) is 8.16. The molecular formula is C18H25N3. The Morgan fingerprint density at radius 3 is 2.81 bits per heavy atom. The summed E-state index contributed by atoms with van der Waals surface area (Å²) in [5.74, 6) is 0.522. The third kappa shape index (κ3) is 2.88. The zero-order valence-corrected chi connectivity index (χ0v) is 12.9. The van der Waals surface area contributed by atoms with E-state index in [9.17, 15) is 0 Å². The molecule has 1 heterocycles. The summed E-state index contributed by atoms with van der Waals surface area (Å²) >= 11 is 0. The molecule has 21 heavy (non-hydrogen) atoms. The minimum Gasteiger partial charge on any atom is -0.330 e. The Kier molecular flexibility index (Phi) is 4.39. The minimum atomic E-state index is 0.522. The van der Waals surface area contributed by atoms with Crippen molar-refractivity contribution in [1.29, 1.82) is 0 Å². The molecule has 0 saturated carbocycles. The van der Waals surface area contributed by atoms with Gasteiger partial charge in [0.2, 0.25) is 0 Å². The molecule has 1 aromatic carbocycles. The van der Waals surface area contributed by atoms with Crippen LogP contribution in [0.1, 0.15) is 48.2 Å². The highest BCUT2D eigenvalue weighted by Crippen LogP contribution is 2.33. The third-order valence-electron chi connectivity index (χ3n) is 4.62. The Hall–Kier alpha value is -1.61. The Morgan fingerprint density at radius 2 is 2.10 bits per heavy atom. The number of rotatable bonds is 5. The maximum Gasteiger partial charge on any atom is 0.0660 e. The van der Waals surface area contributed by atoms with E-state index in [0.29, 0.717) is 5.92 Å². The zero-order valence-electron chi connectivity index (χ0n) is 12.9. The third-order valence-corrected chi connectivity index (χ3v) is 4.62. The van der Waals surface area contributed by atoms with Crippen molar-refractivity contribution in [1.82, 2.24) is 9.78 Å². The molecule has 112 valence electrons. The van der Waals surface area contributed by atoms with Gasteiger partial charge in [0.25, 0.3) is 0 Å². The van der Waals surface area contributed by atoms with Gasteiger partial charge in [-0.1, -0.05) is 37.3 Å². The molecule has 1 unspecified atom stereocenters. The number of hydrogen-bond donors (Lipinski definition) is 1. The largest absolute Gasteiger partial charge is 0.330 e. The van der Waals surface area contributed by atoms with Crippen molar-refractivity contribution in [3.63, 3.8) is 0 Å². The first kappa shape index (κ1) is 14.3. The van der Waals surface area contributed by atoms with E-state index < -0.39 is 0 Å². The number of aryl methyl sites for hydroxylation is 3. The zero-order chi connectivity index (χ0) is 14.7. The predicted molar refractivity (Wildman–Crippen MR) is 86.5 cm³/mol. The van der Waals surface area contributed by atoms with Crippen LogP contribution in [0.3, 0.4) is 0 Å². The Bertz CT molecular complexity index is 586. The standard InChI is InChI=1S/C18H25N3/c1-2-16-18-15(13-19)9-6-10-17(18)21(20-16)12-11-14-7-4-3-5-8-14/h3-5,7-8,15H,2,6,9-13,19H2,1H3. The van der Waals surface area contributed by atoms with Crippen LogP contribution in [0.15, 0.2) is 30.3 Å². The second-order valence-electron chi connectivity index (χ2n) is 5.94. The first-order valence-electron chi connectivity index (χ1n) is 8.16. The maximum atomic E-state index is 5.98. The SMILES string of the molecule is CCc1nn(CCc2ccccc2)c2c1C(CN)CCC2. The lowest BCUT2D eigenvalue weighted by atomic mass is 9.85. The molecule has 3 rings (SSSR count). The molecular weight excluding hydrogens is 258 g/mol. The second-order valence-corrected chi connectivity index (χ2v) is 5.94. The summed E-state index contributed by atoms with van der Waals surface area (Å²) < 4.78 is 2.25. The highest BCUT2D eigenvalue weighted by molar-refractivity contribution is 5.33. The smallest absolute Gasteiger partial charge is 0.0660 e. The fraction of sp³-hybridized carbons (Fsp3) is 0.500. The van der Waals surface area contributed by atoms with E-state index in [1.807, 2.05) is 0 Å². The Labute approximate surface area is 127 Å². The molecule has 0 saturated heterocycles.